The molecule has 0 aliphatic rings. The Kier molecular flexibility index (Phi) is 8.59. The number of carboxylic acids is 1. The van der Waals surface area contributed by atoms with Crippen LogP contribution in [0.1, 0.15) is 6.92 Å². The minimum Gasteiger partial charge on any atom is -0.479 e. The van der Waals surface area contributed by atoms with E-state index >= 15 is 0 Å². The predicted molar refractivity (Wildman–Crippen MR) is 62.8 cm³/mol. The van der Waals surface area contributed by atoms with Crippen molar-refractivity contribution in [2.75, 3.05) is 0 Å². The molecule has 0 saturated carbocycles. The second kappa shape index (κ2) is 8.02. The lowest BCUT2D eigenvalue weighted by molar-refractivity contribution is -0.145. The molecule has 0 bridgehead atoms. The van der Waals surface area contributed by atoms with Crippen molar-refractivity contribution in [1.29, 1.82) is 0 Å². The lowest BCUT2D eigenvalue weighted by Crippen LogP contribution is -2.13. The molecule has 1 aromatic carbocycles. The van der Waals surface area contributed by atoms with E-state index in [4.69, 9.17) is 14.8 Å². The number of halogens is 1. The van der Waals surface area contributed by atoms with Gasteiger partial charge in [0.05, 0.1) is 4.90 Å². The van der Waals surface area contributed by atoms with Crippen LogP contribution < -0.4 is 0 Å². The molecule has 6 nitrogen and oxygen atoms in total. The third-order valence-electron chi connectivity index (χ3n) is 1.40. The summed E-state index contributed by atoms with van der Waals surface area (Å²) in [5.41, 5.74) is 0. The Morgan fingerprint density at radius 3 is 1.76 bits per heavy atom. The molecule has 0 amide bonds. The Morgan fingerprint density at radius 1 is 1.24 bits per heavy atom. The highest BCUT2D eigenvalue weighted by atomic mass is 35.5. The maximum atomic E-state index is 10.4. The average molecular weight is 285 g/mol. The van der Waals surface area contributed by atoms with Crippen LogP contribution in [0.2, 0.25) is 0 Å². The summed E-state index contributed by atoms with van der Waals surface area (Å²) in [5, 5.41) is 15.8. The van der Waals surface area contributed by atoms with E-state index in [-0.39, 0.29) is 17.3 Å². The van der Waals surface area contributed by atoms with Crippen LogP contribution in [0.25, 0.3) is 0 Å². The van der Waals surface area contributed by atoms with Gasteiger partial charge in [0.15, 0.2) is 0 Å². The fraction of sp³-hybridized carbons (Fsp3) is 0.222. The molecule has 0 fully saturated rings. The van der Waals surface area contributed by atoms with Gasteiger partial charge >= 0.3 is 5.97 Å². The van der Waals surface area contributed by atoms with E-state index in [2.05, 4.69) is 0 Å². The Bertz CT molecular complexity index is 428. The normalized spacial score (nSPS) is 11.5. The van der Waals surface area contributed by atoms with Gasteiger partial charge in [-0.2, -0.15) is 8.42 Å². The van der Waals surface area contributed by atoms with Crippen molar-refractivity contribution in [3.05, 3.63) is 30.3 Å². The van der Waals surface area contributed by atoms with Crippen LogP contribution in [0.15, 0.2) is 35.2 Å². The van der Waals surface area contributed by atoms with Crippen LogP contribution in [-0.4, -0.2) is 35.3 Å². The van der Waals surface area contributed by atoms with Gasteiger partial charge in [0.1, 0.15) is 6.10 Å². The van der Waals surface area contributed by atoms with Gasteiger partial charge in [0.2, 0.25) is 0 Å². The zero-order valence-corrected chi connectivity index (χ0v) is 10.5. The molecule has 0 aromatic heterocycles. The maximum Gasteiger partial charge on any atom is 0.332 e. The Hall–Kier alpha value is -1.15. The van der Waals surface area contributed by atoms with Crippen molar-refractivity contribution in [3.8, 4) is 0 Å². The molecule has 3 N–H and O–H groups in total. The molecule has 1 unspecified atom stereocenters. The fourth-order valence-corrected chi connectivity index (χ4v) is 1.09. The van der Waals surface area contributed by atoms with Crippen molar-refractivity contribution in [2.45, 2.75) is 17.9 Å². The molecular formula is C9H13ClO6S. The minimum absolute atomic E-state index is 0. The first-order valence-electron chi connectivity index (χ1n) is 4.18. The first kappa shape index (κ1) is 18.2. The predicted octanol–water partition coefficient (Wildman–Crippen LogP) is 0.807. The van der Waals surface area contributed by atoms with Gasteiger partial charge in [-0.05, 0) is 19.1 Å². The SMILES string of the molecule is CC(O)C(=O)O.Cl.O=S(=O)(O)c1ccccc1. The summed E-state index contributed by atoms with van der Waals surface area (Å²) in [7, 11) is -4.00. The molecule has 98 valence electrons. The lowest BCUT2D eigenvalue weighted by Gasteiger charge is -1.92. The van der Waals surface area contributed by atoms with E-state index in [1.54, 1.807) is 18.2 Å². The van der Waals surface area contributed by atoms with Crippen molar-refractivity contribution >= 4 is 28.5 Å². The molecule has 0 heterocycles. The number of aliphatic hydroxyl groups excluding tert-OH is 1. The van der Waals surface area contributed by atoms with Crippen molar-refractivity contribution in [2.24, 2.45) is 0 Å². The highest BCUT2D eigenvalue weighted by Crippen LogP contribution is 2.05. The number of aliphatic carboxylic acids is 1. The molecule has 0 aliphatic heterocycles. The summed E-state index contributed by atoms with van der Waals surface area (Å²) < 4.78 is 29.2. The van der Waals surface area contributed by atoms with Gasteiger partial charge < -0.3 is 10.2 Å². The first-order chi connectivity index (χ1) is 7.25. The number of aliphatic hydroxyl groups is 1. The number of rotatable bonds is 2. The van der Waals surface area contributed by atoms with E-state index in [1.165, 1.54) is 19.1 Å². The summed E-state index contributed by atoms with van der Waals surface area (Å²) in [6, 6.07) is 7.42. The number of carbonyl (C=O) groups is 1. The highest BCUT2D eigenvalue weighted by molar-refractivity contribution is 7.85. The Morgan fingerprint density at radius 2 is 1.59 bits per heavy atom. The number of carboxylic acid groups (broad SMARTS) is 1. The Balaban J connectivity index is 0. The number of hydrogen-bond acceptors (Lipinski definition) is 4. The molecule has 17 heavy (non-hydrogen) atoms. The minimum atomic E-state index is -4.00. The summed E-state index contributed by atoms with van der Waals surface area (Å²) in [5.74, 6) is -1.19. The smallest absolute Gasteiger partial charge is 0.332 e. The van der Waals surface area contributed by atoms with E-state index in [1.807, 2.05) is 0 Å². The summed E-state index contributed by atoms with van der Waals surface area (Å²) >= 11 is 0. The maximum absolute atomic E-state index is 10.4. The second-order valence-electron chi connectivity index (χ2n) is 2.80. The molecule has 1 rings (SSSR count). The molecular weight excluding hydrogens is 272 g/mol. The summed E-state index contributed by atoms with van der Waals surface area (Å²) in [6.45, 7) is 1.20. The van der Waals surface area contributed by atoms with Crippen LogP contribution in [0, 0.1) is 0 Å². The zero-order chi connectivity index (χ0) is 12.8. The highest BCUT2D eigenvalue weighted by Gasteiger charge is 2.05. The third-order valence-corrected chi connectivity index (χ3v) is 2.27. The van der Waals surface area contributed by atoms with Gasteiger partial charge in [-0.15, -0.1) is 12.4 Å². The van der Waals surface area contributed by atoms with Crippen LogP contribution in [-0.2, 0) is 14.9 Å². The first-order valence-corrected chi connectivity index (χ1v) is 5.62. The van der Waals surface area contributed by atoms with E-state index in [0.717, 1.165) is 0 Å². The van der Waals surface area contributed by atoms with Gasteiger partial charge in [0, 0.05) is 0 Å². The van der Waals surface area contributed by atoms with Crippen LogP contribution in [0.4, 0.5) is 0 Å². The van der Waals surface area contributed by atoms with Crippen LogP contribution in [0.5, 0.6) is 0 Å². The largest absolute Gasteiger partial charge is 0.479 e. The van der Waals surface area contributed by atoms with Gasteiger partial charge in [0.25, 0.3) is 10.1 Å². The number of hydrogen-bond donors (Lipinski definition) is 3. The molecule has 0 saturated heterocycles. The topological polar surface area (TPSA) is 112 Å². The number of benzene rings is 1. The van der Waals surface area contributed by atoms with Crippen molar-refractivity contribution < 1.29 is 28.0 Å². The van der Waals surface area contributed by atoms with Crippen molar-refractivity contribution in [3.63, 3.8) is 0 Å². The van der Waals surface area contributed by atoms with Crippen LogP contribution >= 0.6 is 12.4 Å². The Labute approximate surface area is 105 Å². The van der Waals surface area contributed by atoms with E-state index in [9.17, 15) is 13.2 Å². The molecule has 0 radical (unpaired) electrons. The molecule has 0 aliphatic carbocycles. The standard InChI is InChI=1S/C6H6O3S.C3H6O3.ClH/c7-10(8,9)6-4-2-1-3-5-6;1-2(4)3(5)6;/h1-5H,(H,7,8,9);2,4H,1H3,(H,5,6);1H. The van der Waals surface area contributed by atoms with Gasteiger partial charge in [-0.1, -0.05) is 18.2 Å². The zero-order valence-electron chi connectivity index (χ0n) is 8.85. The van der Waals surface area contributed by atoms with E-state index < -0.39 is 22.2 Å². The third kappa shape index (κ3) is 8.64. The molecule has 1 atom stereocenters. The molecule has 1 aromatic rings. The van der Waals surface area contributed by atoms with Gasteiger partial charge in [-0.3, -0.25) is 4.55 Å². The molecule has 8 heteroatoms. The van der Waals surface area contributed by atoms with Crippen molar-refractivity contribution in [1.82, 2.24) is 0 Å². The average Bonchev–Trinajstić information content (AvgIpc) is 2.18. The summed E-state index contributed by atoms with van der Waals surface area (Å²) in [4.78, 5) is 9.38. The summed E-state index contributed by atoms with van der Waals surface area (Å²) in [6.07, 6.45) is -1.23. The van der Waals surface area contributed by atoms with Crippen LogP contribution in [0.3, 0.4) is 0 Å². The lowest BCUT2D eigenvalue weighted by atomic mass is 10.4. The fourth-order valence-electron chi connectivity index (χ4n) is 0.592. The quantitative estimate of drug-likeness (QED) is 0.693. The second-order valence-corrected chi connectivity index (χ2v) is 4.22. The molecule has 0 spiro atoms. The van der Waals surface area contributed by atoms with E-state index in [0.29, 0.717) is 0 Å². The van der Waals surface area contributed by atoms with Gasteiger partial charge in [-0.25, -0.2) is 4.79 Å². The monoisotopic (exact) mass is 284 g/mol.